The summed E-state index contributed by atoms with van der Waals surface area (Å²) in [6.45, 7) is 0. The number of benzene rings is 2. The summed E-state index contributed by atoms with van der Waals surface area (Å²) in [4.78, 5) is 0. The van der Waals surface area contributed by atoms with E-state index >= 15 is 0 Å². The highest BCUT2D eigenvalue weighted by Gasteiger charge is 2.15. The van der Waals surface area contributed by atoms with Crippen LogP contribution in [0.2, 0.25) is 0 Å². The molecular weight excluding hydrogens is 361 g/mol. The molecule has 0 bridgehead atoms. The first-order chi connectivity index (χ1) is 8.61. The van der Waals surface area contributed by atoms with Crippen LogP contribution in [-0.2, 0) is 0 Å². The molecule has 2 rings (SSSR count). The second-order valence-electron chi connectivity index (χ2n) is 3.94. The molecule has 0 spiro atoms. The summed E-state index contributed by atoms with van der Waals surface area (Å²) < 4.78 is 15.3. The van der Waals surface area contributed by atoms with Crippen LogP contribution in [0.15, 0.2) is 51.4 Å². The van der Waals surface area contributed by atoms with Gasteiger partial charge in [0, 0.05) is 8.95 Å². The van der Waals surface area contributed by atoms with Crippen molar-refractivity contribution in [1.29, 1.82) is 0 Å². The zero-order valence-electron chi connectivity index (χ0n) is 9.75. The second kappa shape index (κ2) is 5.95. The van der Waals surface area contributed by atoms with Crippen molar-refractivity contribution in [1.82, 2.24) is 5.32 Å². The van der Waals surface area contributed by atoms with Crippen LogP contribution >= 0.6 is 31.9 Å². The van der Waals surface area contributed by atoms with Gasteiger partial charge in [0.05, 0.1) is 6.04 Å². The van der Waals surface area contributed by atoms with Crippen molar-refractivity contribution in [3.8, 4) is 0 Å². The molecule has 0 heterocycles. The minimum Gasteiger partial charge on any atom is -0.309 e. The molecule has 2 aromatic rings. The lowest BCUT2D eigenvalue weighted by molar-refractivity contribution is 0.615. The Bertz CT molecular complexity index is 540. The van der Waals surface area contributed by atoms with Gasteiger partial charge in [-0.1, -0.05) is 44.0 Å². The average Bonchev–Trinajstić information content (AvgIpc) is 2.37. The standard InChI is InChI=1S/C14H12Br2FN/c1-18-14(9-2-4-10(15)5-3-9)12-8-11(17)6-7-13(12)16/h2-8,14,18H,1H3. The largest absolute Gasteiger partial charge is 0.309 e. The molecule has 94 valence electrons. The third kappa shape index (κ3) is 2.99. The first-order valence-corrected chi connectivity index (χ1v) is 7.08. The van der Waals surface area contributed by atoms with Crippen LogP contribution in [0.25, 0.3) is 0 Å². The van der Waals surface area contributed by atoms with E-state index in [0.29, 0.717) is 0 Å². The van der Waals surface area contributed by atoms with E-state index in [-0.39, 0.29) is 11.9 Å². The minimum absolute atomic E-state index is 0.0387. The van der Waals surface area contributed by atoms with Crippen molar-refractivity contribution >= 4 is 31.9 Å². The lowest BCUT2D eigenvalue weighted by Crippen LogP contribution is -2.18. The van der Waals surface area contributed by atoms with Gasteiger partial charge in [-0.2, -0.15) is 0 Å². The monoisotopic (exact) mass is 371 g/mol. The van der Waals surface area contributed by atoms with Crippen molar-refractivity contribution in [2.75, 3.05) is 7.05 Å². The third-order valence-corrected chi connectivity index (χ3v) is 4.01. The molecule has 0 aliphatic carbocycles. The van der Waals surface area contributed by atoms with Crippen LogP contribution in [0.3, 0.4) is 0 Å². The van der Waals surface area contributed by atoms with Gasteiger partial charge in [-0.15, -0.1) is 0 Å². The molecule has 1 unspecified atom stereocenters. The minimum atomic E-state index is -0.231. The fraction of sp³-hybridized carbons (Fsp3) is 0.143. The van der Waals surface area contributed by atoms with Crippen molar-refractivity contribution in [3.05, 3.63) is 68.4 Å². The number of halogens is 3. The first kappa shape index (κ1) is 13.7. The second-order valence-corrected chi connectivity index (χ2v) is 5.71. The molecule has 0 aliphatic heterocycles. The fourth-order valence-electron chi connectivity index (χ4n) is 1.89. The lowest BCUT2D eigenvalue weighted by Gasteiger charge is -2.19. The Balaban J connectivity index is 2.44. The number of rotatable bonds is 3. The zero-order valence-corrected chi connectivity index (χ0v) is 12.9. The smallest absolute Gasteiger partial charge is 0.123 e. The maximum Gasteiger partial charge on any atom is 0.123 e. The van der Waals surface area contributed by atoms with Gasteiger partial charge in [0.1, 0.15) is 5.82 Å². The normalized spacial score (nSPS) is 12.4. The predicted octanol–water partition coefficient (Wildman–Crippen LogP) is 4.66. The Morgan fingerprint density at radius 3 is 2.33 bits per heavy atom. The van der Waals surface area contributed by atoms with Crippen LogP contribution in [0.1, 0.15) is 17.2 Å². The molecule has 1 N–H and O–H groups in total. The Morgan fingerprint density at radius 1 is 1.06 bits per heavy atom. The Labute approximate surface area is 123 Å². The fourth-order valence-corrected chi connectivity index (χ4v) is 2.63. The summed E-state index contributed by atoms with van der Waals surface area (Å²) in [6, 6.07) is 12.7. The third-order valence-electron chi connectivity index (χ3n) is 2.76. The van der Waals surface area contributed by atoms with E-state index in [4.69, 9.17) is 0 Å². The average molecular weight is 373 g/mol. The summed E-state index contributed by atoms with van der Waals surface area (Å²) in [5.74, 6) is -0.231. The molecule has 0 fully saturated rings. The highest BCUT2D eigenvalue weighted by molar-refractivity contribution is 9.10. The Kier molecular flexibility index (Phi) is 4.54. The maximum absolute atomic E-state index is 13.4. The van der Waals surface area contributed by atoms with E-state index < -0.39 is 0 Å². The van der Waals surface area contributed by atoms with Crippen molar-refractivity contribution in [2.24, 2.45) is 0 Å². The summed E-state index contributed by atoms with van der Waals surface area (Å²) in [5, 5.41) is 3.21. The van der Waals surface area contributed by atoms with E-state index in [1.807, 2.05) is 31.3 Å². The molecule has 0 radical (unpaired) electrons. The van der Waals surface area contributed by atoms with Gasteiger partial charge >= 0.3 is 0 Å². The molecule has 18 heavy (non-hydrogen) atoms. The topological polar surface area (TPSA) is 12.0 Å². The molecule has 4 heteroatoms. The van der Waals surface area contributed by atoms with E-state index in [2.05, 4.69) is 37.2 Å². The van der Waals surface area contributed by atoms with Crippen molar-refractivity contribution in [3.63, 3.8) is 0 Å². The first-order valence-electron chi connectivity index (χ1n) is 5.49. The molecule has 0 saturated heterocycles. The molecule has 1 atom stereocenters. The van der Waals surface area contributed by atoms with E-state index in [0.717, 1.165) is 20.1 Å². The quantitative estimate of drug-likeness (QED) is 0.826. The molecule has 0 aromatic heterocycles. The van der Waals surface area contributed by atoms with Crippen molar-refractivity contribution in [2.45, 2.75) is 6.04 Å². The van der Waals surface area contributed by atoms with Gasteiger partial charge in [0.15, 0.2) is 0 Å². The van der Waals surface area contributed by atoms with Gasteiger partial charge in [-0.3, -0.25) is 0 Å². The van der Waals surface area contributed by atoms with E-state index in [1.165, 1.54) is 6.07 Å². The summed E-state index contributed by atoms with van der Waals surface area (Å²) in [6.07, 6.45) is 0. The number of hydrogen-bond acceptors (Lipinski definition) is 1. The SMILES string of the molecule is CNC(c1ccc(Br)cc1)c1cc(F)ccc1Br. The highest BCUT2D eigenvalue weighted by Crippen LogP contribution is 2.29. The maximum atomic E-state index is 13.4. The van der Waals surface area contributed by atoms with Gasteiger partial charge in [0.2, 0.25) is 0 Å². The Morgan fingerprint density at radius 2 is 1.72 bits per heavy atom. The van der Waals surface area contributed by atoms with Gasteiger partial charge < -0.3 is 5.32 Å². The van der Waals surface area contributed by atoms with Gasteiger partial charge in [0.25, 0.3) is 0 Å². The van der Waals surface area contributed by atoms with Gasteiger partial charge in [-0.25, -0.2) is 4.39 Å². The van der Waals surface area contributed by atoms with Crippen molar-refractivity contribution < 1.29 is 4.39 Å². The summed E-state index contributed by atoms with van der Waals surface area (Å²) in [5.41, 5.74) is 1.98. The van der Waals surface area contributed by atoms with Crippen LogP contribution in [0.4, 0.5) is 4.39 Å². The summed E-state index contributed by atoms with van der Waals surface area (Å²) >= 11 is 6.88. The van der Waals surface area contributed by atoms with E-state index in [9.17, 15) is 4.39 Å². The van der Waals surface area contributed by atoms with Crippen LogP contribution in [-0.4, -0.2) is 7.05 Å². The molecule has 0 saturated carbocycles. The van der Waals surface area contributed by atoms with Crippen LogP contribution < -0.4 is 5.32 Å². The number of nitrogens with one attached hydrogen (secondary N) is 1. The molecule has 1 nitrogen and oxygen atoms in total. The van der Waals surface area contributed by atoms with E-state index in [1.54, 1.807) is 12.1 Å². The zero-order chi connectivity index (χ0) is 13.1. The Hall–Kier alpha value is -0.710. The van der Waals surface area contributed by atoms with Gasteiger partial charge in [-0.05, 0) is 48.5 Å². The molecule has 0 aliphatic rings. The summed E-state index contributed by atoms with van der Waals surface area (Å²) in [7, 11) is 1.87. The molecule has 0 amide bonds. The van der Waals surface area contributed by atoms with Crippen LogP contribution in [0.5, 0.6) is 0 Å². The lowest BCUT2D eigenvalue weighted by atomic mass is 9.99. The molecule has 2 aromatic carbocycles. The van der Waals surface area contributed by atoms with Crippen LogP contribution in [0, 0.1) is 5.82 Å². The molecular formula is C14H12Br2FN. The number of hydrogen-bond donors (Lipinski definition) is 1. The highest BCUT2D eigenvalue weighted by atomic mass is 79.9. The predicted molar refractivity (Wildman–Crippen MR) is 79.1 cm³/mol.